The van der Waals surface area contributed by atoms with Crippen LogP contribution in [0.15, 0.2) is 42.5 Å². The summed E-state index contributed by atoms with van der Waals surface area (Å²) in [4.78, 5) is 13.0. The summed E-state index contributed by atoms with van der Waals surface area (Å²) in [5, 5.41) is 9.20. The van der Waals surface area contributed by atoms with Gasteiger partial charge in [-0.2, -0.15) is 14.0 Å². The van der Waals surface area contributed by atoms with E-state index in [-0.39, 0.29) is 5.56 Å². The molecule has 1 heterocycles. The van der Waals surface area contributed by atoms with Gasteiger partial charge in [-0.1, -0.05) is 29.8 Å². The molecule has 1 aliphatic rings. The predicted molar refractivity (Wildman–Crippen MR) is 82.8 cm³/mol. The second-order valence-corrected chi connectivity index (χ2v) is 5.79. The van der Waals surface area contributed by atoms with E-state index in [4.69, 9.17) is 16.9 Å². The molecular weight excluding hydrogens is 322 g/mol. The number of amides is 1. The molecule has 0 bridgehead atoms. The minimum atomic E-state index is -3.58. The number of alkyl halides is 2. The van der Waals surface area contributed by atoms with Gasteiger partial charge < -0.3 is 4.90 Å². The Hall–Kier alpha value is -2.45. The van der Waals surface area contributed by atoms with Gasteiger partial charge in [-0.3, -0.25) is 4.79 Å². The maximum Gasteiger partial charge on any atom is 0.335 e. The summed E-state index contributed by atoms with van der Waals surface area (Å²) in [6.45, 7) is 0. The Morgan fingerprint density at radius 3 is 2.48 bits per heavy atom. The van der Waals surface area contributed by atoms with Crippen molar-refractivity contribution in [2.45, 2.75) is 11.8 Å². The van der Waals surface area contributed by atoms with Gasteiger partial charge in [-0.05, 0) is 35.4 Å². The first-order valence-corrected chi connectivity index (χ1v) is 7.19. The SMILES string of the molecule is CN1C(=O)C(F)(F)C(c2ccc(C#N)cc2)c2ccc(Cl)cc21. The number of rotatable bonds is 1. The average Bonchev–Trinajstić information content (AvgIpc) is 2.54. The summed E-state index contributed by atoms with van der Waals surface area (Å²) in [5.41, 5.74) is 1.33. The third kappa shape index (κ3) is 2.36. The van der Waals surface area contributed by atoms with Crippen molar-refractivity contribution >= 4 is 23.2 Å². The van der Waals surface area contributed by atoms with Gasteiger partial charge in [0.25, 0.3) is 5.91 Å². The highest BCUT2D eigenvalue weighted by atomic mass is 35.5. The van der Waals surface area contributed by atoms with Crippen molar-refractivity contribution in [1.29, 1.82) is 5.26 Å². The van der Waals surface area contributed by atoms with Crippen molar-refractivity contribution in [2.75, 3.05) is 11.9 Å². The lowest BCUT2D eigenvalue weighted by molar-refractivity contribution is -0.145. The first-order chi connectivity index (χ1) is 10.9. The van der Waals surface area contributed by atoms with Crippen LogP contribution in [0.1, 0.15) is 22.6 Å². The van der Waals surface area contributed by atoms with Gasteiger partial charge in [0.2, 0.25) is 0 Å². The minimum Gasteiger partial charge on any atom is -0.310 e. The average molecular weight is 333 g/mol. The number of benzene rings is 2. The fourth-order valence-electron chi connectivity index (χ4n) is 2.84. The Morgan fingerprint density at radius 1 is 1.22 bits per heavy atom. The van der Waals surface area contributed by atoms with E-state index >= 15 is 0 Å². The molecule has 23 heavy (non-hydrogen) atoms. The number of carbonyl (C=O) groups excluding carboxylic acids is 1. The van der Waals surface area contributed by atoms with Crippen LogP contribution < -0.4 is 4.90 Å². The van der Waals surface area contributed by atoms with Crippen molar-refractivity contribution < 1.29 is 13.6 Å². The van der Waals surface area contributed by atoms with Crippen LogP contribution in [0.2, 0.25) is 5.02 Å². The van der Waals surface area contributed by atoms with Crippen molar-refractivity contribution in [2.24, 2.45) is 0 Å². The fourth-order valence-corrected chi connectivity index (χ4v) is 3.01. The maximum atomic E-state index is 14.7. The van der Waals surface area contributed by atoms with E-state index in [1.54, 1.807) is 0 Å². The number of anilines is 1. The van der Waals surface area contributed by atoms with Gasteiger partial charge in [0.15, 0.2) is 0 Å². The van der Waals surface area contributed by atoms with Crippen LogP contribution in [0.5, 0.6) is 0 Å². The molecule has 0 radical (unpaired) electrons. The minimum absolute atomic E-state index is 0.277. The molecule has 3 nitrogen and oxygen atoms in total. The molecule has 6 heteroatoms. The van der Waals surface area contributed by atoms with E-state index in [0.29, 0.717) is 21.8 Å². The molecule has 2 aromatic rings. The summed E-state index contributed by atoms with van der Waals surface area (Å²) in [5.74, 6) is -6.27. The van der Waals surface area contributed by atoms with E-state index in [9.17, 15) is 13.6 Å². The van der Waals surface area contributed by atoms with E-state index in [0.717, 1.165) is 4.90 Å². The molecule has 0 saturated carbocycles. The van der Waals surface area contributed by atoms with Gasteiger partial charge in [-0.15, -0.1) is 0 Å². The molecule has 0 spiro atoms. The van der Waals surface area contributed by atoms with Gasteiger partial charge in [0.1, 0.15) is 0 Å². The van der Waals surface area contributed by atoms with Crippen LogP contribution in [0.3, 0.4) is 0 Å². The summed E-state index contributed by atoms with van der Waals surface area (Å²) in [6, 6.07) is 12.3. The van der Waals surface area contributed by atoms with Crippen LogP contribution in [-0.2, 0) is 4.79 Å². The second-order valence-electron chi connectivity index (χ2n) is 5.36. The normalized spacial score (nSPS) is 19.2. The smallest absolute Gasteiger partial charge is 0.310 e. The van der Waals surface area contributed by atoms with Crippen molar-refractivity contribution in [3.63, 3.8) is 0 Å². The Bertz CT molecular complexity index is 827. The Morgan fingerprint density at radius 2 is 1.87 bits per heavy atom. The summed E-state index contributed by atoms with van der Waals surface area (Å²) in [6.07, 6.45) is 0. The summed E-state index contributed by atoms with van der Waals surface area (Å²) < 4.78 is 29.3. The number of nitrogens with zero attached hydrogens (tertiary/aromatic N) is 2. The zero-order valence-corrected chi connectivity index (χ0v) is 12.8. The molecule has 1 atom stereocenters. The molecular formula is C17H11ClF2N2O. The van der Waals surface area contributed by atoms with Crippen LogP contribution in [0, 0.1) is 11.3 Å². The molecule has 1 amide bonds. The van der Waals surface area contributed by atoms with Crippen molar-refractivity contribution in [3.05, 3.63) is 64.2 Å². The highest BCUT2D eigenvalue weighted by Gasteiger charge is 2.54. The highest BCUT2D eigenvalue weighted by molar-refractivity contribution is 6.31. The third-order valence-electron chi connectivity index (χ3n) is 3.99. The number of fused-ring (bicyclic) bond motifs is 1. The van der Waals surface area contributed by atoms with Crippen molar-refractivity contribution in [1.82, 2.24) is 0 Å². The first-order valence-electron chi connectivity index (χ1n) is 6.81. The molecule has 1 unspecified atom stereocenters. The van der Waals surface area contributed by atoms with E-state index in [1.165, 1.54) is 49.5 Å². The van der Waals surface area contributed by atoms with E-state index in [1.807, 2.05) is 6.07 Å². The lowest BCUT2D eigenvalue weighted by atomic mass is 9.81. The van der Waals surface area contributed by atoms with Crippen LogP contribution in [0.25, 0.3) is 0 Å². The van der Waals surface area contributed by atoms with Gasteiger partial charge in [0.05, 0.1) is 17.6 Å². The second kappa shape index (κ2) is 5.32. The third-order valence-corrected chi connectivity index (χ3v) is 4.23. The topological polar surface area (TPSA) is 44.1 Å². The zero-order valence-electron chi connectivity index (χ0n) is 12.1. The summed E-state index contributed by atoms with van der Waals surface area (Å²) >= 11 is 5.93. The molecule has 0 aliphatic carbocycles. The Labute approximate surface area is 136 Å². The van der Waals surface area contributed by atoms with E-state index in [2.05, 4.69) is 0 Å². The van der Waals surface area contributed by atoms with Gasteiger partial charge in [0, 0.05) is 17.8 Å². The lowest BCUT2D eigenvalue weighted by Crippen LogP contribution is -2.50. The van der Waals surface area contributed by atoms with Crippen LogP contribution in [0.4, 0.5) is 14.5 Å². The van der Waals surface area contributed by atoms with Crippen LogP contribution in [-0.4, -0.2) is 18.9 Å². The first kappa shape index (κ1) is 15.4. The number of hydrogen-bond acceptors (Lipinski definition) is 2. The monoisotopic (exact) mass is 332 g/mol. The molecule has 0 aromatic heterocycles. The highest BCUT2D eigenvalue weighted by Crippen LogP contribution is 2.48. The molecule has 0 N–H and O–H groups in total. The van der Waals surface area contributed by atoms with Crippen molar-refractivity contribution in [3.8, 4) is 6.07 Å². The molecule has 1 aliphatic heterocycles. The standard InChI is InChI=1S/C17H11ClF2N2O/c1-22-14-8-12(18)6-7-13(14)15(17(19,20)16(22)23)11-4-2-10(9-21)3-5-11/h2-8,15H,1H3. The predicted octanol–water partition coefficient (Wildman–Crippen LogP) is 3.96. The van der Waals surface area contributed by atoms with E-state index < -0.39 is 17.7 Å². The maximum absolute atomic E-state index is 14.7. The lowest BCUT2D eigenvalue weighted by Gasteiger charge is -2.37. The fraction of sp³-hybridized carbons (Fsp3) is 0.176. The Kier molecular flexibility index (Phi) is 3.57. The van der Waals surface area contributed by atoms with Gasteiger partial charge in [-0.25, -0.2) is 0 Å². The largest absolute Gasteiger partial charge is 0.335 e. The number of carbonyl (C=O) groups is 1. The van der Waals surface area contributed by atoms with Crippen LogP contribution >= 0.6 is 11.6 Å². The molecule has 3 rings (SSSR count). The number of halogens is 3. The molecule has 116 valence electrons. The van der Waals surface area contributed by atoms with Gasteiger partial charge >= 0.3 is 5.92 Å². The molecule has 0 fully saturated rings. The zero-order chi connectivity index (χ0) is 16.8. The molecule has 2 aromatic carbocycles. The number of nitriles is 1. The molecule has 0 saturated heterocycles. The summed E-state index contributed by atoms with van der Waals surface area (Å²) in [7, 11) is 1.31. The number of hydrogen-bond donors (Lipinski definition) is 0. The Balaban J connectivity index is 2.22. The quantitative estimate of drug-likeness (QED) is 0.793.